The van der Waals surface area contributed by atoms with Crippen molar-refractivity contribution in [2.45, 2.75) is 13.8 Å². The molecule has 3 aromatic rings. The highest BCUT2D eigenvalue weighted by Crippen LogP contribution is 2.62. The van der Waals surface area contributed by atoms with Crippen LogP contribution in [0.5, 0.6) is 0 Å². The molecule has 0 fully saturated rings. The Morgan fingerprint density at radius 2 is 1.03 bits per heavy atom. The Morgan fingerprint density at radius 3 is 1.33 bits per heavy atom. The lowest BCUT2D eigenvalue weighted by Crippen LogP contribution is -2.42. The zero-order valence-electron chi connectivity index (χ0n) is 17.8. The molecule has 0 unspecified atom stereocenters. The second-order valence-corrected chi connectivity index (χ2v) is 12.4. The quantitative estimate of drug-likeness (QED) is 0.412. The summed E-state index contributed by atoms with van der Waals surface area (Å²) in [5.41, 5.74) is 0. The summed E-state index contributed by atoms with van der Waals surface area (Å²) in [6.07, 6.45) is 0.209. The van der Waals surface area contributed by atoms with Crippen LogP contribution < -0.4 is 15.9 Å². The molecule has 158 valence electrons. The van der Waals surface area contributed by atoms with Gasteiger partial charge >= 0.3 is 7.60 Å². The Hall–Kier alpha value is -1.80. The predicted molar refractivity (Wildman–Crippen MR) is 129 cm³/mol. The molecule has 0 spiro atoms. The van der Waals surface area contributed by atoms with E-state index in [0.717, 1.165) is 0 Å². The van der Waals surface area contributed by atoms with Crippen molar-refractivity contribution in [3.8, 4) is 0 Å². The molecule has 0 aromatic heterocycles. The van der Waals surface area contributed by atoms with Gasteiger partial charge in [-0.3, -0.25) is 4.57 Å². The number of benzene rings is 3. The molecule has 0 amide bonds. The first-order valence-corrected chi connectivity index (χ1v) is 13.7. The molecule has 0 N–H and O–H groups in total. The van der Waals surface area contributed by atoms with E-state index in [-0.39, 0.29) is 6.29 Å². The van der Waals surface area contributed by atoms with Gasteiger partial charge < -0.3 is 9.05 Å². The molecule has 0 radical (unpaired) electrons. The maximum absolute atomic E-state index is 13.5. The van der Waals surface area contributed by atoms with E-state index in [9.17, 15) is 4.57 Å². The normalized spacial score (nSPS) is 12.3. The molecule has 30 heavy (non-hydrogen) atoms. The van der Waals surface area contributed by atoms with Crippen LogP contribution in [0.15, 0.2) is 91.0 Å². The summed E-state index contributed by atoms with van der Waals surface area (Å²) in [5, 5.41) is 3.60. The van der Waals surface area contributed by atoms with E-state index in [4.69, 9.17) is 9.05 Å². The number of rotatable bonds is 10. The van der Waals surface area contributed by atoms with E-state index in [0.29, 0.717) is 13.2 Å². The molecule has 0 saturated heterocycles. The molecule has 0 saturated carbocycles. The smallest absolute Gasteiger partial charge is 0.308 e. The first-order valence-electron chi connectivity index (χ1n) is 10.2. The van der Waals surface area contributed by atoms with Gasteiger partial charge in [0.15, 0.2) is 7.41 Å². The lowest BCUT2D eigenvalue weighted by Gasteiger charge is -2.35. The van der Waals surface area contributed by atoms with Gasteiger partial charge in [-0.1, -0.05) is 54.6 Å². The van der Waals surface area contributed by atoms with Gasteiger partial charge in [0.25, 0.3) is 0 Å². The minimum Gasteiger partial charge on any atom is -0.308 e. The van der Waals surface area contributed by atoms with Crippen LogP contribution in [0.25, 0.3) is 0 Å². The summed E-state index contributed by atoms with van der Waals surface area (Å²) >= 11 is 0. The zero-order chi connectivity index (χ0) is 21.5. The third kappa shape index (κ3) is 4.75. The fourth-order valence-electron chi connectivity index (χ4n) is 3.83. The van der Waals surface area contributed by atoms with Crippen molar-refractivity contribution in [2.75, 3.05) is 26.5 Å². The van der Waals surface area contributed by atoms with Crippen LogP contribution in [-0.4, -0.2) is 31.2 Å². The fraction of sp³-hybridized carbons (Fsp3) is 0.250. The third-order valence-electron chi connectivity index (χ3n) is 4.93. The number of hydrogen-bond acceptors (Lipinski definition) is 4. The summed E-state index contributed by atoms with van der Waals surface area (Å²) in [5.74, 6) is 0. The molecule has 0 aliphatic heterocycles. The largest absolute Gasteiger partial charge is 0.348 e. The van der Waals surface area contributed by atoms with E-state index >= 15 is 0 Å². The number of hydrogen-bond donors (Lipinski definition) is 0. The van der Waals surface area contributed by atoms with Crippen molar-refractivity contribution in [3.63, 3.8) is 0 Å². The molecule has 0 atom stereocenters. The van der Waals surface area contributed by atoms with Gasteiger partial charge in [0, 0.05) is 7.05 Å². The first-order chi connectivity index (χ1) is 14.6. The molecule has 6 heteroatoms. The minimum absolute atomic E-state index is 0.209. The van der Waals surface area contributed by atoms with Crippen molar-refractivity contribution >= 4 is 30.9 Å². The van der Waals surface area contributed by atoms with Gasteiger partial charge in [0.05, 0.1) is 13.2 Å². The summed E-state index contributed by atoms with van der Waals surface area (Å²) in [6.45, 7) is 4.39. The average molecular weight is 442 g/mol. The molecule has 4 nitrogen and oxygen atoms in total. The van der Waals surface area contributed by atoms with Crippen molar-refractivity contribution in [1.29, 1.82) is 0 Å². The van der Waals surface area contributed by atoms with Crippen LogP contribution in [0.2, 0.25) is 0 Å². The van der Waals surface area contributed by atoms with Crippen molar-refractivity contribution < 1.29 is 13.6 Å². The summed E-state index contributed by atoms with van der Waals surface area (Å²) in [6, 6.07) is 31.4. The van der Waals surface area contributed by atoms with Crippen LogP contribution in [0.4, 0.5) is 0 Å². The first kappa shape index (κ1) is 22.9. The SMILES string of the molecule is CCOP(=O)(CN(C)[P+](c1ccccc1)(c1ccccc1)c1ccccc1)OCC. The zero-order valence-corrected chi connectivity index (χ0v) is 19.6. The monoisotopic (exact) mass is 442 g/mol. The highest BCUT2D eigenvalue weighted by Gasteiger charge is 2.52. The Balaban J connectivity index is 2.24. The van der Waals surface area contributed by atoms with Crippen molar-refractivity contribution in [2.24, 2.45) is 0 Å². The lowest BCUT2D eigenvalue weighted by atomic mass is 10.4. The van der Waals surface area contributed by atoms with Crippen LogP contribution in [0, 0.1) is 0 Å². The second kappa shape index (κ2) is 10.5. The lowest BCUT2D eigenvalue weighted by molar-refractivity contribution is 0.214. The van der Waals surface area contributed by atoms with Crippen molar-refractivity contribution in [3.05, 3.63) is 91.0 Å². The Morgan fingerprint density at radius 1 is 0.700 bits per heavy atom. The molecular weight excluding hydrogens is 412 g/mol. The Labute approximate surface area is 180 Å². The minimum atomic E-state index is -3.28. The highest BCUT2D eigenvalue weighted by atomic mass is 31.2. The molecule has 0 bridgehead atoms. The Kier molecular flexibility index (Phi) is 7.99. The van der Waals surface area contributed by atoms with Gasteiger partial charge in [-0.25, -0.2) is 0 Å². The van der Waals surface area contributed by atoms with E-state index in [1.165, 1.54) is 15.9 Å². The maximum atomic E-state index is 13.5. The van der Waals surface area contributed by atoms with Gasteiger partial charge in [0.1, 0.15) is 22.2 Å². The van der Waals surface area contributed by atoms with Crippen LogP contribution in [0.1, 0.15) is 13.8 Å². The van der Waals surface area contributed by atoms with Gasteiger partial charge in [-0.15, -0.1) is 0 Å². The molecule has 3 aromatic carbocycles. The summed E-state index contributed by atoms with van der Waals surface area (Å²) in [4.78, 5) is 0. The fourth-order valence-corrected chi connectivity index (χ4v) is 10.5. The van der Waals surface area contributed by atoms with Gasteiger partial charge in [-0.05, 0) is 50.2 Å². The van der Waals surface area contributed by atoms with Crippen LogP contribution >= 0.6 is 15.0 Å². The molecular formula is C24H30NO3P2+. The number of nitrogens with zero attached hydrogens (tertiary/aromatic N) is 1. The average Bonchev–Trinajstić information content (AvgIpc) is 2.77. The predicted octanol–water partition coefficient (Wildman–Crippen LogP) is 5.05. The standard InChI is InChI=1S/C24H30NO3P2/c1-4-27-29(26,28-5-2)21-25(3)30(22-15-9-6-10-16-22,23-17-11-7-12-18-23)24-19-13-8-14-20-24/h6-20H,4-5,21H2,1-3H3/q+1. The summed E-state index contributed by atoms with van der Waals surface area (Å²) < 4.78 is 27.0. The molecule has 0 aliphatic rings. The van der Waals surface area contributed by atoms with E-state index in [1.807, 2.05) is 39.1 Å². The highest BCUT2D eigenvalue weighted by molar-refractivity contribution is 7.94. The maximum Gasteiger partial charge on any atom is 0.348 e. The van der Waals surface area contributed by atoms with Gasteiger partial charge in [0.2, 0.25) is 0 Å². The van der Waals surface area contributed by atoms with Gasteiger partial charge in [-0.2, -0.15) is 4.67 Å². The topological polar surface area (TPSA) is 38.8 Å². The van der Waals surface area contributed by atoms with Crippen molar-refractivity contribution in [1.82, 2.24) is 4.67 Å². The second-order valence-electron chi connectivity index (χ2n) is 6.89. The van der Waals surface area contributed by atoms with Crippen LogP contribution in [0.3, 0.4) is 0 Å². The Bertz CT molecular complexity index is 845. The van der Waals surface area contributed by atoms with Crippen LogP contribution in [-0.2, 0) is 13.6 Å². The summed E-state index contributed by atoms with van der Waals surface area (Å²) in [7, 11) is -3.53. The molecule has 0 aliphatic carbocycles. The molecule has 3 rings (SSSR count). The van der Waals surface area contributed by atoms with E-state index < -0.39 is 15.0 Å². The molecule has 0 heterocycles. The third-order valence-corrected chi connectivity index (χ3v) is 11.5. The van der Waals surface area contributed by atoms with E-state index in [1.54, 1.807) is 0 Å². The van der Waals surface area contributed by atoms with E-state index in [2.05, 4.69) is 77.5 Å².